The fourth-order valence-corrected chi connectivity index (χ4v) is 2.73. The minimum atomic E-state index is -0.275. The molecule has 1 aromatic heterocycles. The highest BCUT2D eigenvalue weighted by Crippen LogP contribution is 2.22. The summed E-state index contributed by atoms with van der Waals surface area (Å²) in [7, 11) is 0. The maximum Gasteiger partial charge on any atom is 0.257 e. The van der Waals surface area contributed by atoms with Crippen LogP contribution < -0.4 is 16.0 Å². The van der Waals surface area contributed by atoms with Crippen molar-refractivity contribution in [3.63, 3.8) is 0 Å². The second-order valence-corrected chi connectivity index (χ2v) is 6.70. The molecule has 0 aliphatic carbocycles. The monoisotopic (exact) mass is 394 g/mol. The number of nitrogens with zero attached hydrogens (tertiary/aromatic N) is 1. The van der Waals surface area contributed by atoms with Gasteiger partial charge in [-0.2, -0.15) is 0 Å². The Bertz CT molecular complexity index is 1020. The van der Waals surface area contributed by atoms with E-state index in [1.54, 1.807) is 36.5 Å². The van der Waals surface area contributed by atoms with Gasteiger partial charge in [0.05, 0.1) is 17.4 Å². The quantitative estimate of drug-likeness (QED) is 0.568. The highest BCUT2D eigenvalue weighted by atomic mass is 35.5. The molecular weight excluding hydrogens is 376 g/mol. The van der Waals surface area contributed by atoms with Crippen LogP contribution in [0.5, 0.6) is 0 Å². The zero-order chi connectivity index (χ0) is 20.1. The summed E-state index contributed by atoms with van der Waals surface area (Å²) in [5, 5.41) is 9.30. The van der Waals surface area contributed by atoms with Crippen molar-refractivity contribution in [1.82, 2.24) is 4.98 Å². The van der Waals surface area contributed by atoms with E-state index in [0.29, 0.717) is 27.6 Å². The highest BCUT2D eigenvalue weighted by molar-refractivity contribution is 6.31. The molecule has 1 heterocycles. The minimum Gasteiger partial charge on any atom is -0.354 e. The molecule has 3 rings (SSSR count). The number of aryl methyl sites for hydroxylation is 1. The first-order valence-electron chi connectivity index (χ1n) is 8.58. The zero-order valence-corrected chi connectivity index (χ0v) is 16.2. The van der Waals surface area contributed by atoms with Crippen molar-refractivity contribution in [2.24, 2.45) is 0 Å². The van der Waals surface area contributed by atoms with E-state index >= 15 is 0 Å². The number of hydrogen-bond acceptors (Lipinski definition) is 4. The van der Waals surface area contributed by atoms with Crippen LogP contribution >= 0.6 is 11.6 Å². The SMILES string of the molecule is CC(=O)Nc1ccc(Nc2cncc(C(=O)Nc3cc(Cl)ccc3C)c2)cc1. The van der Waals surface area contributed by atoms with Crippen molar-refractivity contribution in [3.05, 3.63) is 77.1 Å². The number of halogens is 1. The Labute approximate surface area is 168 Å². The molecule has 7 heteroatoms. The van der Waals surface area contributed by atoms with Gasteiger partial charge in [0.1, 0.15) is 0 Å². The number of pyridine rings is 1. The summed E-state index contributed by atoms with van der Waals surface area (Å²) in [4.78, 5) is 27.8. The Balaban J connectivity index is 1.72. The number of hydrogen-bond donors (Lipinski definition) is 3. The summed E-state index contributed by atoms with van der Waals surface area (Å²) in [6, 6.07) is 14.3. The Morgan fingerprint density at radius 1 is 0.893 bits per heavy atom. The molecule has 0 radical (unpaired) electrons. The van der Waals surface area contributed by atoms with Crippen molar-refractivity contribution >= 4 is 46.2 Å². The third-order valence-corrected chi connectivity index (χ3v) is 4.18. The van der Waals surface area contributed by atoms with Crippen LogP contribution in [0.25, 0.3) is 0 Å². The van der Waals surface area contributed by atoms with Crippen molar-refractivity contribution in [1.29, 1.82) is 0 Å². The molecule has 0 aliphatic rings. The molecule has 0 atom stereocenters. The molecule has 2 aromatic carbocycles. The zero-order valence-electron chi connectivity index (χ0n) is 15.4. The Hall–Kier alpha value is -3.38. The number of nitrogens with one attached hydrogen (secondary N) is 3. The van der Waals surface area contributed by atoms with E-state index in [-0.39, 0.29) is 11.8 Å². The van der Waals surface area contributed by atoms with Crippen LogP contribution in [0.15, 0.2) is 60.9 Å². The van der Waals surface area contributed by atoms with Crippen LogP contribution in [-0.2, 0) is 4.79 Å². The first kappa shape index (κ1) is 19.4. The van der Waals surface area contributed by atoms with E-state index in [9.17, 15) is 9.59 Å². The normalized spacial score (nSPS) is 10.2. The lowest BCUT2D eigenvalue weighted by Crippen LogP contribution is -2.13. The molecule has 0 spiro atoms. The molecule has 0 fully saturated rings. The molecule has 0 saturated carbocycles. The molecule has 3 N–H and O–H groups in total. The third kappa shape index (κ3) is 5.08. The van der Waals surface area contributed by atoms with Crippen LogP contribution in [0.4, 0.5) is 22.7 Å². The number of anilines is 4. The fraction of sp³-hybridized carbons (Fsp3) is 0.0952. The number of rotatable bonds is 5. The first-order valence-corrected chi connectivity index (χ1v) is 8.96. The van der Waals surface area contributed by atoms with E-state index in [2.05, 4.69) is 20.9 Å². The molecule has 3 aromatic rings. The smallest absolute Gasteiger partial charge is 0.257 e. The largest absolute Gasteiger partial charge is 0.354 e. The Kier molecular flexibility index (Phi) is 5.91. The summed E-state index contributed by atoms with van der Waals surface area (Å²) in [6.45, 7) is 3.35. The van der Waals surface area contributed by atoms with Gasteiger partial charge in [0.15, 0.2) is 0 Å². The molecular formula is C21H19ClN4O2. The van der Waals surface area contributed by atoms with Crippen molar-refractivity contribution in [2.75, 3.05) is 16.0 Å². The third-order valence-electron chi connectivity index (χ3n) is 3.94. The molecule has 142 valence electrons. The molecule has 6 nitrogen and oxygen atoms in total. The number of carbonyl (C=O) groups excluding carboxylic acids is 2. The van der Waals surface area contributed by atoms with Crippen molar-refractivity contribution in [3.8, 4) is 0 Å². The van der Waals surface area contributed by atoms with Gasteiger partial charge in [0.2, 0.25) is 5.91 Å². The highest BCUT2D eigenvalue weighted by Gasteiger charge is 2.10. The molecule has 2 amide bonds. The lowest BCUT2D eigenvalue weighted by Gasteiger charge is -2.11. The van der Waals surface area contributed by atoms with Crippen LogP contribution in [0.1, 0.15) is 22.8 Å². The van der Waals surface area contributed by atoms with Gasteiger partial charge in [-0.15, -0.1) is 0 Å². The van der Waals surface area contributed by atoms with Gasteiger partial charge in [0, 0.05) is 35.2 Å². The number of amides is 2. The van der Waals surface area contributed by atoms with Crippen molar-refractivity contribution in [2.45, 2.75) is 13.8 Å². The topological polar surface area (TPSA) is 83.1 Å². The lowest BCUT2D eigenvalue weighted by molar-refractivity contribution is -0.114. The lowest BCUT2D eigenvalue weighted by atomic mass is 10.2. The van der Waals surface area contributed by atoms with Gasteiger partial charge >= 0.3 is 0 Å². The van der Waals surface area contributed by atoms with Crippen LogP contribution in [0.3, 0.4) is 0 Å². The maximum absolute atomic E-state index is 12.6. The van der Waals surface area contributed by atoms with Gasteiger partial charge in [-0.3, -0.25) is 14.6 Å². The second-order valence-electron chi connectivity index (χ2n) is 6.26. The van der Waals surface area contributed by atoms with Gasteiger partial charge in [-0.05, 0) is 55.0 Å². The molecule has 0 saturated heterocycles. The summed E-state index contributed by atoms with van der Waals surface area (Å²) >= 11 is 6.00. The van der Waals surface area contributed by atoms with Crippen LogP contribution in [0, 0.1) is 6.92 Å². The minimum absolute atomic E-state index is 0.126. The second kappa shape index (κ2) is 8.54. The fourth-order valence-electron chi connectivity index (χ4n) is 2.56. The number of benzene rings is 2. The van der Waals surface area contributed by atoms with Gasteiger partial charge in [0.25, 0.3) is 5.91 Å². The van der Waals surface area contributed by atoms with E-state index in [4.69, 9.17) is 11.6 Å². The average molecular weight is 395 g/mol. The summed E-state index contributed by atoms with van der Waals surface area (Å²) in [5.74, 6) is -0.402. The average Bonchev–Trinajstić information content (AvgIpc) is 2.66. The summed E-state index contributed by atoms with van der Waals surface area (Å²) in [6.07, 6.45) is 3.13. The summed E-state index contributed by atoms with van der Waals surface area (Å²) in [5.41, 5.74) is 4.17. The molecule has 28 heavy (non-hydrogen) atoms. The maximum atomic E-state index is 12.6. The van der Waals surface area contributed by atoms with E-state index in [1.165, 1.54) is 13.1 Å². The summed E-state index contributed by atoms with van der Waals surface area (Å²) < 4.78 is 0. The Morgan fingerprint density at radius 3 is 2.32 bits per heavy atom. The molecule has 0 bridgehead atoms. The van der Waals surface area contributed by atoms with Gasteiger partial charge < -0.3 is 16.0 Å². The van der Waals surface area contributed by atoms with Crippen LogP contribution in [0.2, 0.25) is 5.02 Å². The standard InChI is InChI=1S/C21H19ClN4O2/c1-13-3-4-16(22)10-20(13)26-21(28)15-9-19(12-23-11-15)25-18-7-5-17(6-8-18)24-14(2)27/h3-12,25H,1-2H3,(H,24,27)(H,26,28). The molecule has 0 unspecified atom stereocenters. The Morgan fingerprint density at radius 2 is 1.61 bits per heavy atom. The number of aromatic nitrogens is 1. The molecule has 0 aliphatic heterocycles. The van der Waals surface area contributed by atoms with Crippen LogP contribution in [-0.4, -0.2) is 16.8 Å². The van der Waals surface area contributed by atoms with Gasteiger partial charge in [-0.25, -0.2) is 0 Å². The predicted octanol–water partition coefficient (Wildman–Crippen LogP) is 5.00. The predicted molar refractivity (Wildman–Crippen MR) is 112 cm³/mol. The van der Waals surface area contributed by atoms with Gasteiger partial charge in [-0.1, -0.05) is 17.7 Å². The van der Waals surface area contributed by atoms with E-state index in [0.717, 1.165) is 11.3 Å². The first-order chi connectivity index (χ1) is 13.4. The van der Waals surface area contributed by atoms with E-state index in [1.807, 2.05) is 25.1 Å². The number of carbonyl (C=O) groups is 2. The van der Waals surface area contributed by atoms with E-state index < -0.39 is 0 Å². The van der Waals surface area contributed by atoms with Crippen molar-refractivity contribution < 1.29 is 9.59 Å².